The van der Waals surface area contributed by atoms with Gasteiger partial charge in [-0.3, -0.25) is 9.69 Å². The Hall–Kier alpha value is -0.650. The van der Waals surface area contributed by atoms with E-state index in [9.17, 15) is 4.79 Å². The Bertz CT molecular complexity index is 228. The van der Waals surface area contributed by atoms with Crippen molar-refractivity contribution in [3.63, 3.8) is 0 Å². The van der Waals surface area contributed by atoms with Gasteiger partial charge in [-0.1, -0.05) is 0 Å². The highest BCUT2D eigenvalue weighted by Crippen LogP contribution is 2.07. The number of carbonyl (C=O) groups is 1. The van der Waals surface area contributed by atoms with Gasteiger partial charge in [0, 0.05) is 38.9 Å². The molecule has 1 unspecified atom stereocenters. The first kappa shape index (κ1) is 14.4. The van der Waals surface area contributed by atoms with E-state index >= 15 is 0 Å². The van der Waals surface area contributed by atoms with Gasteiger partial charge in [-0.15, -0.1) is 0 Å². The zero-order chi connectivity index (χ0) is 12.7. The number of piperidine rings is 1. The number of methoxy groups -OCH3 is 1. The molecule has 17 heavy (non-hydrogen) atoms. The van der Waals surface area contributed by atoms with Crippen molar-refractivity contribution in [1.29, 1.82) is 0 Å². The highest BCUT2D eigenvalue weighted by atomic mass is 16.5. The molecule has 1 atom stereocenters. The first-order valence-electron chi connectivity index (χ1n) is 6.38. The van der Waals surface area contributed by atoms with Crippen LogP contribution in [-0.2, 0) is 9.53 Å². The Morgan fingerprint density at radius 1 is 1.53 bits per heavy atom. The van der Waals surface area contributed by atoms with Crippen molar-refractivity contribution < 1.29 is 9.53 Å². The zero-order valence-corrected chi connectivity index (χ0v) is 10.9. The van der Waals surface area contributed by atoms with Gasteiger partial charge in [0.05, 0.1) is 6.54 Å². The molecule has 1 heterocycles. The summed E-state index contributed by atoms with van der Waals surface area (Å²) in [6.07, 6.45) is 2.84. The van der Waals surface area contributed by atoms with Crippen molar-refractivity contribution in [2.45, 2.75) is 38.3 Å². The summed E-state index contributed by atoms with van der Waals surface area (Å²) in [5, 5.41) is 2.98. The van der Waals surface area contributed by atoms with Crippen molar-refractivity contribution >= 4 is 5.91 Å². The van der Waals surface area contributed by atoms with Crippen LogP contribution >= 0.6 is 0 Å². The van der Waals surface area contributed by atoms with E-state index in [1.54, 1.807) is 7.11 Å². The Morgan fingerprint density at radius 2 is 2.18 bits per heavy atom. The van der Waals surface area contributed by atoms with E-state index in [1.165, 1.54) is 0 Å². The van der Waals surface area contributed by atoms with E-state index in [0.29, 0.717) is 19.2 Å². The fraction of sp³-hybridized carbons (Fsp3) is 0.917. The molecule has 0 radical (unpaired) electrons. The molecule has 0 aromatic carbocycles. The number of amides is 1. The molecular formula is C12H25N3O2. The van der Waals surface area contributed by atoms with Crippen molar-refractivity contribution in [3.8, 4) is 0 Å². The molecule has 1 aliphatic heterocycles. The SMILES string of the molecule is COCCC(C)NC(=O)CN1CCC(N)CC1. The Balaban J connectivity index is 2.16. The van der Waals surface area contributed by atoms with E-state index < -0.39 is 0 Å². The lowest BCUT2D eigenvalue weighted by atomic mass is 10.1. The van der Waals surface area contributed by atoms with Crippen LogP contribution in [0.4, 0.5) is 0 Å². The van der Waals surface area contributed by atoms with Crippen molar-refractivity contribution in [3.05, 3.63) is 0 Å². The van der Waals surface area contributed by atoms with E-state index in [0.717, 1.165) is 32.4 Å². The highest BCUT2D eigenvalue weighted by molar-refractivity contribution is 5.78. The first-order chi connectivity index (χ1) is 8.11. The standard InChI is InChI=1S/C12H25N3O2/c1-10(5-8-17-2)14-12(16)9-15-6-3-11(13)4-7-15/h10-11H,3-9,13H2,1-2H3,(H,14,16). The van der Waals surface area contributed by atoms with E-state index in [4.69, 9.17) is 10.5 Å². The van der Waals surface area contributed by atoms with Gasteiger partial charge in [0.2, 0.25) is 5.91 Å². The maximum Gasteiger partial charge on any atom is 0.234 e. The van der Waals surface area contributed by atoms with Gasteiger partial charge < -0.3 is 15.8 Å². The number of nitrogens with zero attached hydrogens (tertiary/aromatic N) is 1. The maximum absolute atomic E-state index is 11.7. The molecule has 1 saturated heterocycles. The molecule has 0 bridgehead atoms. The average molecular weight is 243 g/mol. The summed E-state index contributed by atoms with van der Waals surface area (Å²) in [4.78, 5) is 13.9. The van der Waals surface area contributed by atoms with Crippen LogP contribution in [0.2, 0.25) is 0 Å². The van der Waals surface area contributed by atoms with Crippen LogP contribution in [0.15, 0.2) is 0 Å². The maximum atomic E-state index is 11.7. The van der Waals surface area contributed by atoms with E-state index in [-0.39, 0.29) is 11.9 Å². The topological polar surface area (TPSA) is 67.6 Å². The summed E-state index contributed by atoms with van der Waals surface area (Å²) in [7, 11) is 1.67. The number of carbonyl (C=O) groups excluding carboxylic acids is 1. The van der Waals surface area contributed by atoms with Crippen LogP contribution in [0.5, 0.6) is 0 Å². The predicted octanol–water partition coefficient (Wildman–Crippen LogP) is -0.0493. The Labute approximate surface area is 104 Å². The zero-order valence-electron chi connectivity index (χ0n) is 10.9. The van der Waals surface area contributed by atoms with Gasteiger partial charge in [0.25, 0.3) is 0 Å². The molecule has 100 valence electrons. The molecule has 0 aromatic rings. The Morgan fingerprint density at radius 3 is 2.76 bits per heavy atom. The molecule has 1 rings (SSSR count). The highest BCUT2D eigenvalue weighted by Gasteiger charge is 2.18. The summed E-state index contributed by atoms with van der Waals surface area (Å²) in [6.45, 7) is 5.04. The summed E-state index contributed by atoms with van der Waals surface area (Å²) in [5.74, 6) is 0.101. The lowest BCUT2D eigenvalue weighted by Crippen LogP contribution is -2.46. The number of nitrogens with one attached hydrogen (secondary N) is 1. The van der Waals surface area contributed by atoms with Crippen LogP contribution in [0.25, 0.3) is 0 Å². The van der Waals surface area contributed by atoms with Crippen LogP contribution in [0.1, 0.15) is 26.2 Å². The minimum atomic E-state index is 0.101. The largest absolute Gasteiger partial charge is 0.385 e. The number of hydrogen-bond donors (Lipinski definition) is 2. The number of ether oxygens (including phenoxy) is 1. The van der Waals surface area contributed by atoms with Crippen LogP contribution < -0.4 is 11.1 Å². The third kappa shape index (κ3) is 6.00. The van der Waals surface area contributed by atoms with Crippen LogP contribution in [-0.4, -0.2) is 56.2 Å². The molecule has 1 aliphatic rings. The molecule has 0 saturated carbocycles. The molecule has 0 aromatic heterocycles. The lowest BCUT2D eigenvalue weighted by molar-refractivity contribution is -0.123. The van der Waals surface area contributed by atoms with Crippen molar-refractivity contribution in [2.75, 3.05) is 33.4 Å². The summed E-state index contributed by atoms with van der Waals surface area (Å²) in [6, 6.07) is 0.490. The third-order valence-electron chi connectivity index (χ3n) is 3.16. The van der Waals surface area contributed by atoms with Gasteiger partial charge in [0.15, 0.2) is 0 Å². The quantitative estimate of drug-likeness (QED) is 0.686. The minimum Gasteiger partial charge on any atom is -0.385 e. The second-order valence-electron chi connectivity index (χ2n) is 4.86. The van der Waals surface area contributed by atoms with Crippen molar-refractivity contribution in [2.24, 2.45) is 5.73 Å². The van der Waals surface area contributed by atoms with E-state index in [1.807, 2.05) is 6.92 Å². The second kappa shape index (κ2) is 7.63. The smallest absolute Gasteiger partial charge is 0.234 e. The van der Waals surface area contributed by atoms with Gasteiger partial charge in [-0.25, -0.2) is 0 Å². The summed E-state index contributed by atoms with van der Waals surface area (Å²) >= 11 is 0. The van der Waals surface area contributed by atoms with Gasteiger partial charge in [-0.2, -0.15) is 0 Å². The summed E-state index contributed by atoms with van der Waals surface area (Å²) < 4.78 is 4.98. The van der Waals surface area contributed by atoms with Crippen LogP contribution in [0.3, 0.4) is 0 Å². The van der Waals surface area contributed by atoms with Gasteiger partial charge >= 0.3 is 0 Å². The number of nitrogens with two attached hydrogens (primary N) is 1. The number of hydrogen-bond acceptors (Lipinski definition) is 4. The molecule has 1 amide bonds. The van der Waals surface area contributed by atoms with E-state index in [2.05, 4.69) is 10.2 Å². The molecule has 5 heteroatoms. The fourth-order valence-electron chi connectivity index (χ4n) is 2.00. The first-order valence-corrected chi connectivity index (χ1v) is 6.38. The number of likely N-dealkylation sites (tertiary alicyclic amines) is 1. The molecule has 0 spiro atoms. The molecule has 5 nitrogen and oxygen atoms in total. The third-order valence-corrected chi connectivity index (χ3v) is 3.16. The average Bonchev–Trinajstić information content (AvgIpc) is 2.29. The number of rotatable bonds is 6. The van der Waals surface area contributed by atoms with Gasteiger partial charge in [0.1, 0.15) is 0 Å². The lowest BCUT2D eigenvalue weighted by Gasteiger charge is -2.29. The molecule has 0 aliphatic carbocycles. The monoisotopic (exact) mass is 243 g/mol. The second-order valence-corrected chi connectivity index (χ2v) is 4.86. The van der Waals surface area contributed by atoms with Crippen LogP contribution in [0, 0.1) is 0 Å². The minimum absolute atomic E-state index is 0.101. The molecule has 1 fully saturated rings. The normalized spacial score (nSPS) is 20.2. The van der Waals surface area contributed by atoms with Gasteiger partial charge in [-0.05, 0) is 26.2 Å². The summed E-state index contributed by atoms with van der Waals surface area (Å²) in [5.41, 5.74) is 5.82. The Kier molecular flexibility index (Phi) is 6.47. The predicted molar refractivity (Wildman–Crippen MR) is 67.7 cm³/mol. The fourth-order valence-corrected chi connectivity index (χ4v) is 2.00. The molecular weight excluding hydrogens is 218 g/mol. The molecule has 3 N–H and O–H groups in total. The van der Waals surface area contributed by atoms with Crippen molar-refractivity contribution in [1.82, 2.24) is 10.2 Å².